The van der Waals surface area contributed by atoms with E-state index in [4.69, 9.17) is 16.3 Å². The number of hydrogen-bond acceptors (Lipinski definition) is 6. The van der Waals surface area contributed by atoms with Crippen LogP contribution in [0.2, 0.25) is 5.02 Å². The Labute approximate surface area is 186 Å². The molecule has 0 aliphatic carbocycles. The van der Waals surface area contributed by atoms with E-state index in [2.05, 4.69) is 10.3 Å². The minimum Gasteiger partial charge on any atom is -0.458 e. The summed E-state index contributed by atoms with van der Waals surface area (Å²) < 4.78 is 6.15. The van der Waals surface area contributed by atoms with Gasteiger partial charge in [-0.1, -0.05) is 59.6 Å². The van der Waals surface area contributed by atoms with Crippen molar-refractivity contribution >= 4 is 56.2 Å². The molecule has 0 radical (unpaired) electrons. The number of esters is 1. The average Bonchev–Trinajstić information content (AvgIpc) is 3.36. The van der Waals surface area contributed by atoms with Crippen LogP contribution in [0.3, 0.4) is 0 Å². The predicted molar refractivity (Wildman–Crippen MR) is 121 cm³/mol. The van der Waals surface area contributed by atoms with Crippen LogP contribution in [-0.4, -0.2) is 23.4 Å². The molecule has 8 heteroatoms. The summed E-state index contributed by atoms with van der Waals surface area (Å²) in [4.78, 5) is 29.3. The second-order valence-corrected chi connectivity index (χ2v) is 8.88. The van der Waals surface area contributed by atoms with E-state index in [0.717, 1.165) is 20.7 Å². The number of aromatic nitrogens is 1. The number of carbonyl (C=O) groups is 2. The number of nitrogens with zero attached hydrogens (tertiary/aromatic N) is 1. The highest BCUT2D eigenvalue weighted by atomic mass is 35.5. The molecular formula is C22H17ClN2O3S2. The van der Waals surface area contributed by atoms with Crippen LogP contribution in [0.1, 0.15) is 20.9 Å². The highest BCUT2D eigenvalue weighted by Crippen LogP contribution is 2.34. The SMILES string of the molecule is Cc1ccc(-c2nc(COC(=O)CNC(=O)c3sc4ccccc4c3Cl)cs2)cc1. The molecule has 0 unspecified atom stereocenters. The molecule has 0 fully saturated rings. The third kappa shape index (κ3) is 4.53. The molecule has 0 saturated carbocycles. The van der Waals surface area contributed by atoms with Gasteiger partial charge in [-0.3, -0.25) is 9.59 Å². The monoisotopic (exact) mass is 456 g/mol. The zero-order valence-corrected chi connectivity index (χ0v) is 18.4. The first-order valence-electron chi connectivity index (χ1n) is 9.13. The van der Waals surface area contributed by atoms with E-state index in [1.807, 2.05) is 60.8 Å². The smallest absolute Gasteiger partial charge is 0.325 e. The van der Waals surface area contributed by atoms with Gasteiger partial charge in [-0.15, -0.1) is 22.7 Å². The summed E-state index contributed by atoms with van der Waals surface area (Å²) >= 11 is 9.08. The van der Waals surface area contributed by atoms with Gasteiger partial charge < -0.3 is 10.1 Å². The molecule has 0 saturated heterocycles. The molecule has 4 rings (SSSR count). The van der Waals surface area contributed by atoms with Crippen molar-refractivity contribution in [2.75, 3.05) is 6.54 Å². The average molecular weight is 457 g/mol. The second-order valence-electron chi connectivity index (χ2n) is 6.59. The van der Waals surface area contributed by atoms with Crippen molar-refractivity contribution in [3.05, 3.63) is 75.1 Å². The van der Waals surface area contributed by atoms with Crippen LogP contribution < -0.4 is 5.32 Å². The lowest BCUT2D eigenvalue weighted by atomic mass is 10.2. The summed E-state index contributed by atoms with van der Waals surface area (Å²) in [5.41, 5.74) is 2.88. The Morgan fingerprint density at radius 1 is 1.13 bits per heavy atom. The first kappa shape index (κ1) is 20.5. The zero-order valence-electron chi connectivity index (χ0n) is 16.0. The number of amides is 1. The molecule has 0 spiro atoms. The molecule has 1 amide bonds. The topological polar surface area (TPSA) is 68.3 Å². The van der Waals surface area contributed by atoms with E-state index >= 15 is 0 Å². The third-order valence-electron chi connectivity index (χ3n) is 4.37. The summed E-state index contributed by atoms with van der Waals surface area (Å²) in [6.45, 7) is 1.85. The Morgan fingerprint density at radius 2 is 1.90 bits per heavy atom. The quantitative estimate of drug-likeness (QED) is 0.391. The number of rotatable bonds is 6. The summed E-state index contributed by atoms with van der Waals surface area (Å²) in [7, 11) is 0. The Kier molecular flexibility index (Phi) is 6.13. The summed E-state index contributed by atoms with van der Waals surface area (Å²) in [5.74, 6) is -0.932. The van der Waals surface area contributed by atoms with Crippen LogP contribution in [0, 0.1) is 6.92 Å². The van der Waals surface area contributed by atoms with Crippen molar-refractivity contribution in [1.29, 1.82) is 0 Å². The molecule has 0 atom stereocenters. The highest BCUT2D eigenvalue weighted by molar-refractivity contribution is 7.21. The van der Waals surface area contributed by atoms with E-state index in [1.54, 1.807) is 0 Å². The van der Waals surface area contributed by atoms with Crippen molar-refractivity contribution < 1.29 is 14.3 Å². The Morgan fingerprint density at radius 3 is 2.67 bits per heavy atom. The van der Waals surface area contributed by atoms with Gasteiger partial charge in [-0.05, 0) is 13.0 Å². The lowest BCUT2D eigenvalue weighted by Gasteiger charge is -2.05. The number of fused-ring (bicyclic) bond motifs is 1. The molecule has 4 aromatic rings. The fraction of sp³-hybridized carbons (Fsp3) is 0.136. The minimum atomic E-state index is -0.537. The van der Waals surface area contributed by atoms with Gasteiger partial charge in [0.15, 0.2) is 0 Å². The van der Waals surface area contributed by atoms with Gasteiger partial charge >= 0.3 is 5.97 Å². The number of hydrogen-bond donors (Lipinski definition) is 1. The third-order valence-corrected chi connectivity index (χ3v) is 6.98. The van der Waals surface area contributed by atoms with Crippen molar-refractivity contribution in [3.8, 4) is 10.6 Å². The molecule has 2 heterocycles. The zero-order chi connectivity index (χ0) is 21.1. The van der Waals surface area contributed by atoms with Crippen LogP contribution in [-0.2, 0) is 16.1 Å². The molecule has 2 aromatic heterocycles. The number of aryl methyl sites for hydroxylation is 1. The summed E-state index contributed by atoms with van der Waals surface area (Å²) in [6, 6.07) is 15.6. The van der Waals surface area contributed by atoms with Gasteiger partial charge in [0.1, 0.15) is 23.0 Å². The lowest BCUT2D eigenvalue weighted by Crippen LogP contribution is -2.30. The van der Waals surface area contributed by atoms with Gasteiger partial charge in [0, 0.05) is 21.0 Å². The molecule has 0 aliphatic rings. The molecule has 152 valence electrons. The maximum absolute atomic E-state index is 12.4. The van der Waals surface area contributed by atoms with Gasteiger partial charge in [-0.2, -0.15) is 0 Å². The van der Waals surface area contributed by atoms with Crippen LogP contribution >= 0.6 is 34.3 Å². The van der Waals surface area contributed by atoms with Gasteiger partial charge in [0.25, 0.3) is 5.91 Å². The van der Waals surface area contributed by atoms with Gasteiger partial charge in [0.05, 0.1) is 10.7 Å². The number of nitrogens with one attached hydrogen (secondary N) is 1. The largest absolute Gasteiger partial charge is 0.458 e. The fourth-order valence-corrected chi connectivity index (χ4v) is 5.04. The molecule has 0 aliphatic heterocycles. The Balaban J connectivity index is 1.30. The molecule has 5 nitrogen and oxygen atoms in total. The molecular weight excluding hydrogens is 440 g/mol. The number of thiophene rings is 1. The van der Waals surface area contributed by atoms with E-state index in [1.165, 1.54) is 28.2 Å². The predicted octanol–water partition coefficient (Wildman–Crippen LogP) is 5.46. The first-order valence-corrected chi connectivity index (χ1v) is 11.2. The van der Waals surface area contributed by atoms with E-state index in [-0.39, 0.29) is 13.2 Å². The van der Waals surface area contributed by atoms with Crippen molar-refractivity contribution in [3.63, 3.8) is 0 Å². The number of benzene rings is 2. The van der Waals surface area contributed by atoms with Crippen LogP contribution in [0.4, 0.5) is 0 Å². The van der Waals surface area contributed by atoms with Crippen LogP contribution in [0.25, 0.3) is 20.7 Å². The number of ether oxygens (including phenoxy) is 1. The lowest BCUT2D eigenvalue weighted by molar-refractivity contribution is -0.143. The summed E-state index contributed by atoms with van der Waals surface area (Å²) in [6.07, 6.45) is 0. The van der Waals surface area contributed by atoms with Crippen molar-refractivity contribution in [2.45, 2.75) is 13.5 Å². The van der Waals surface area contributed by atoms with Gasteiger partial charge in [0.2, 0.25) is 0 Å². The van der Waals surface area contributed by atoms with Crippen molar-refractivity contribution in [1.82, 2.24) is 10.3 Å². The number of halogens is 1. The number of thiazole rings is 1. The first-order chi connectivity index (χ1) is 14.5. The second kappa shape index (κ2) is 8.95. The van der Waals surface area contributed by atoms with E-state index < -0.39 is 11.9 Å². The van der Waals surface area contributed by atoms with Crippen LogP contribution in [0.5, 0.6) is 0 Å². The van der Waals surface area contributed by atoms with Gasteiger partial charge in [-0.25, -0.2) is 4.98 Å². The normalized spacial score (nSPS) is 10.9. The molecule has 2 aromatic carbocycles. The summed E-state index contributed by atoms with van der Waals surface area (Å²) in [5, 5.41) is 6.52. The van der Waals surface area contributed by atoms with E-state index in [9.17, 15) is 9.59 Å². The van der Waals surface area contributed by atoms with E-state index in [0.29, 0.717) is 15.6 Å². The maximum atomic E-state index is 12.4. The maximum Gasteiger partial charge on any atom is 0.325 e. The number of carbonyl (C=O) groups excluding carboxylic acids is 2. The highest BCUT2D eigenvalue weighted by Gasteiger charge is 2.18. The molecule has 30 heavy (non-hydrogen) atoms. The standard InChI is InChI=1S/C22H17ClN2O3S2/c1-13-6-8-14(9-7-13)22-25-15(12-29-22)11-28-18(26)10-24-21(27)20-19(23)16-4-2-3-5-17(16)30-20/h2-9,12H,10-11H2,1H3,(H,24,27). The Bertz CT molecular complexity index is 1210. The molecule has 1 N–H and O–H groups in total. The molecule has 0 bridgehead atoms. The minimum absolute atomic E-state index is 0.0563. The Hall–Kier alpha value is -2.74. The van der Waals surface area contributed by atoms with Crippen molar-refractivity contribution in [2.24, 2.45) is 0 Å². The van der Waals surface area contributed by atoms with Crippen LogP contribution in [0.15, 0.2) is 53.9 Å². The fourth-order valence-electron chi connectivity index (χ4n) is 2.80.